The lowest BCUT2D eigenvalue weighted by Gasteiger charge is -2.14. The summed E-state index contributed by atoms with van der Waals surface area (Å²) in [6, 6.07) is 8.17. The summed E-state index contributed by atoms with van der Waals surface area (Å²) < 4.78 is 4.91. The molecule has 0 aromatic heterocycles. The second-order valence-electron chi connectivity index (χ2n) is 4.95. The minimum absolute atomic E-state index is 0.000703. The maximum Gasteiger partial charge on any atom is 0.234 e. The first-order valence-corrected chi connectivity index (χ1v) is 6.81. The van der Waals surface area contributed by atoms with Crippen LogP contribution in [0.1, 0.15) is 11.1 Å². The molecule has 0 atom stereocenters. The van der Waals surface area contributed by atoms with E-state index in [0.29, 0.717) is 26.2 Å². The standard InChI is InChI=1S/C15H25N3O2/c1-18(2)12-14-7-5-4-6-13(14)10-17-15(19)11-16-8-9-20-3/h4-7,16H,8-12H2,1-3H3,(H,17,19). The molecule has 0 fully saturated rings. The van der Waals surface area contributed by atoms with Gasteiger partial charge < -0.3 is 20.3 Å². The van der Waals surface area contributed by atoms with Crippen molar-refractivity contribution in [2.75, 3.05) is 40.9 Å². The van der Waals surface area contributed by atoms with E-state index in [0.717, 1.165) is 12.1 Å². The Morgan fingerprint density at radius 1 is 1.25 bits per heavy atom. The molecule has 0 unspecified atom stereocenters. The van der Waals surface area contributed by atoms with Crippen molar-refractivity contribution in [1.82, 2.24) is 15.5 Å². The fourth-order valence-electron chi connectivity index (χ4n) is 1.86. The van der Waals surface area contributed by atoms with E-state index in [9.17, 15) is 4.79 Å². The fourth-order valence-corrected chi connectivity index (χ4v) is 1.86. The Hall–Kier alpha value is -1.43. The number of amides is 1. The van der Waals surface area contributed by atoms with Crippen LogP contribution in [0.4, 0.5) is 0 Å². The van der Waals surface area contributed by atoms with Gasteiger partial charge >= 0.3 is 0 Å². The largest absolute Gasteiger partial charge is 0.383 e. The third kappa shape index (κ3) is 6.65. The summed E-state index contributed by atoms with van der Waals surface area (Å²) in [5, 5.41) is 5.95. The molecule has 1 amide bonds. The molecule has 0 spiro atoms. The van der Waals surface area contributed by atoms with E-state index < -0.39 is 0 Å². The first kappa shape index (κ1) is 16.6. The predicted molar refractivity (Wildman–Crippen MR) is 80.4 cm³/mol. The molecule has 0 bridgehead atoms. The van der Waals surface area contributed by atoms with Gasteiger partial charge in [-0.25, -0.2) is 0 Å². The van der Waals surface area contributed by atoms with Gasteiger partial charge in [0.2, 0.25) is 5.91 Å². The lowest BCUT2D eigenvalue weighted by molar-refractivity contribution is -0.120. The van der Waals surface area contributed by atoms with Crippen molar-refractivity contribution in [2.45, 2.75) is 13.1 Å². The summed E-state index contributed by atoms with van der Waals surface area (Å²) in [7, 11) is 5.72. The summed E-state index contributed by atoms with van der Waals surface area (Å²) in [6.07, 6.45) is 0. The lowest BCUT2D eigenvalue weighted by atomic mass is 10.1. The number of benzene rings is 1. The van der Waals surface area contributed by atoms with Gasteiger partial charge in [0.05, 0.1) is 13.2 Å². The second-order valence-corrected chi connectivity index (χ2v) is 4.95. The third-order valence-corrected chi connectivity index (χ3v) is 2.85. The van der Waals surface area contributed by atoms with Gasteiger partial charge in [-0.3, -0.25) is 4.79 Å². The number of carbonyl (C=O) groups is 1. The van der Waals surface area contributed by atoms with Crippen LogP contribution in [-0.4, -0.2) is 51.7 Å². The molecule has 1 aromatic rings. The highest BCUT2D eigenvalue weighted by Crippen LogP contribution is 2.10. The number of hydrogen-bond acceptors (Lipinski definition) is 4. The van der Waals surface area contributed by atoms with Crippen molar-refractivity contribution in [3.05, 3.63) is 35.4 Å². The van der Waals surface area contributed by atoms with Crippen molar-refractivity contribution in [2.24, 2.45) is 0 Å². The number of rotatable bonds is 9. The van der Waals surface area contributed by atoms with Crippen LogP contribution >= 0.6 is 0 Å². The van der Waals surface area contributed by atoms with Crippen LogP contribution in [0.3, 0.4) is 0 Å². The van der Waals surface area contributed by atoms with Crippen molar-refractivity contribution >= 4 is 5.91 Å². The van der Waals surface area contributed by atoms with Gasteiger partial charge in [0.15, 0.2) is 0 Å². The van der Waals surface area contributed by atoms with E-state index >= 15 is 0 Å². The number of nitrogens with one attached hydrogen (secondary N) is 2. The summed E-state index contributed by atoms with van der Waals surface area (Å²) in [6.45, 7) is 3.05. The van der Waals surface area contributed by atoms with Gasteiger partial charge in [-0.15, -0.1) is 0 Å². The van der Waals surface area contributed by atoms with Crippen LogP contribution in [0, 0.1) is 0 Å². The van der Waals surface area contributed by atoms with Gasteiger partial charge in [0.1, 0.15) is 0 Å². The summed E-state index contributed by atoms with van der Waals surface area (Å²) >= 11 is 0. The Bertz CT molecular complexity index is 408. The second kappa shape index (κ2) is 9.47. The minimum atomic E-state index is 0.000703. The molecule has 0 radical (unpaired) electrons. The van der Waals surface area contributed by atoms with Crippen LogP contribution < -0.4 is 10.6 Å². The average Bonchev–Trinajstić information content (AvgIpc) is 2.42. The van der Waals surface area contributed by atoms with Crippen molar-refractivity contribution in [3.8, 4) is 0 Å². The zero-order chi connectivity index (χ0) is 14.8. The summed E-state index contributed by atoms with van der Waals surface area (Å²) in [4.78, 5) is 13.8. The Kier molecular flexibility index (Phi) is 7.87. The number of hydrogen-bond donors (Lipinski definition) is 2. The van der Waals surface area contributed by atoms with E-state index in [-0.39, 0.29) is 5.91 Å². The zero-order valence-corrected chi connectivity index (χ0v) is 12.6. The molecular formula is C15H25N3O2. The van der Waals surface area contributed by atoms with Gasteiger partial charge in [-0.05, 0) is 25.2 Å². The van der Waals surface area contributed by atoms with E-state index in [4.69, 9.17) is 4.74 Å². The van der Waals surface area contributed by atoms with Gasteiger partial charge in [-0.2, -0.15) is 0 Å². The number of carbonyl (C=O) groups excluding carboxylic acids is 1. The SMILES string of the molecule is COCCNCC(=O)NCc1ccccc1CN(C)C. The highest BCUT2D eigenvalue weighted by molar-refractivity contribution is 5.78. The highest BCUT2D eigenvalue weighted by Gasteiger charge is 2.05. The van der Waals surface area contributed by atoms with Crippen LogP contribution in [0.15, 0.2) is 24.3 Å². The molecule has 0 aliphatic carbocycles. The third-order valence-electron chi connectivity index (χ3n) is 2.85. The van der Waals surface area contributed by atoms with E-state index in [1.807, 2.05) is 26.2 Å². The number of methoxy groups -OCH3 is 1. The zero-order valence-electron chi connectivity index (χ0n) is 12.6. The van der Waals surface area contributed by atoms with Crippen molar-refractivity contribution in [1.29, 1.82) is 0 Å². The Labute approximate surface area is 121 Å². The van der Waals surface area contributed by atoms with E-state index in [1.54, 1.807) is 7.11 Å². The van der Waals surface area contributed by atoms with Crippen LogP contribution in [0.25, 0.3) is 0 Å². The smallest absolute Gasteiger partial charge is 0.234 e. The fraction of sp³-hybridized carbons (Fsp3) is 0.533. The molecule has 5 nitrogen and oxygen atoms in total. The van der Waals surface area contributed by atoms with Crippen molar-refractivity contribution < 1.29 is 9.53 Å². The molecule has 1 rings (SSSR count). The molecule has 20 heavy (non-hydrogen) atoms. The van der Waals surface area contributed by atoms with Crippen LogP contribution in [0.5, 0.6) is 0 Å². The lowest BCUT2D eigenvalue weighted by Crippen LogP contribution is -2.35. The Morgan fingerprint density at radius 2 is 1.95 bits per heavy atom. The topological polar surface area (TPSA) is 53.6 Å². The molecular weight excluding hydrogens is 254 g/mol. The molecule has 0 saturated heterocycles. The first-order valence-electron chi connectivity index (χ1n) is 6.81. The maximum absolute atomic E-state index is 11.7. The van der Waals surface area contributed by atoms with Gasteiger partial charge in [0.25, 0.3) is 0 Å². The molecule has 1 aromatic carbocycles. The van der Waals surface area contributed by atoms with E-state index in [1.165, 1.54) is 5.56 Å². The highest BCUT2D eigenvalue weighted by atomic mass is 16.5. The monoisotopic (exact) mass is 279 g/mol. The van der Waals surface area contributed by atoms with Crippen LogP contribution in [-0.2, 0) is 22.6 Å². The molecule has 5 heteroatoms. The molecule has 0 saturated carbocycles. The summed E-state index contributed by atoms with van der Waals surface area (Å²) in [5.41, 5.74) is 2.40. The van der Waals surface area contributed by atoms with E-state index in [2.05, 4.69) is 27.7 Å². The first-order chi connectivity index (χ1) is 9.63. The maximum atomic E-state index is 11.7. The normalized spacial score (nSPS) is 10.8. The minimum Gasteiger partial charge on any atom is -0.383 e. The molecule has 112 valence electrons. The summed E-state index contributed by atoms with van der Waals surface area (Å²) in [5.74, 6) is 0.000703. The predicted octanol–water partition coefficient (Wildman–Crippen LogP) is 0.600. The van der Waals surface area contributed by atoms with Crippen molar-refractivity contribution in [3.63, 3.8) is 0 Å². The van der Waals surface area contributed by atoms with Gasteiger partial charge in [0, 0.05) is 26.7 Å². The molecule has 0 heterocycles. The molecule has 2 N–H and O–H groups in total. The Morgan fingerprint density at radius 3 is 2.60 bits per heavy atom. The molecule has 0 aliphatic heterocycles. The quantitative estimate of drug-likeness (QED) is 0.650. The average molecular weight is 279 g/mol. The number of nitrogens with zero attached hydrogens (tertiary/aromatic N) is 1. The number of ether oxygens (including phenoxy) is 1. The van der Waals surface area contributed by atoms with Gasteiger partial charge in [-0.1, -0.05) is 24.3 Å². The Balaban J connectivity index is 2.39. The van der Waals surface area contributed by atoms with Crippen LogP contribution in [0.2, 0.25) is 0 Å². The molecule has 0 aliphatic rings.